The summed E-state index contributed by atoms with van der Waals surface area (Å²) in [6.07, 6.45) is 3.52. The second kappa shape index (κ2) is 5.69. The zero-order valence-corrected chi connectivity index (χ0v) is 11.9. The van der Waals surface area contributed by atoms with E-state index in [1.807, 2.05) is 36.5 Å². The van der Waals surface area contributed by atoms with Gasteiger partial charge in [-0.25, -0.2) is 9.67 Å². The number of nitrogens with two attached hydrogens (primary N) is 1. The van der Waals surface area contributed by atoms with Crippen molar-refractivity contribution < 1.29 is 9.53 Å². The minimum atomic E-state index is -0.559. The molecule has 1 amide bonds. The van der Waals surface area contributed by atoms with Crippen LogP contribution in [0, 0.1) is 0 Å². The van der Waals surface area contributed by atoms with E-state index >= 15 is 0 Å². The number of ether oxygens (including phenoxy) is 1. The Kier molecular flexibility index (Phi) is 3.57. The molecular formula is C16H14N4O2. The second-order valence-corrected chi connectivity index (χ2v) is 4.61. The Morgan fingerprint density at radius 1 is 1.23 bits per heavy atom. The van der Waals surface area contributed by atoms with Gasteiger partial charge in [-0.2, -0.15) is 5.10 Å². The summed E-state index contributed by atoms with van der Waals surface area (Å²) in [6.45, 7) is 0. The number of amides is 1. The first-order chi connectivity index (χ1) is 10.7. The molecular weight excluding hydrogens is 280 g/mol. The summed E-state index contributed by atoms with van der Waals surface area (Å²) in [7, 11) is 1.60. The van der Waals surface area contributed by atoms with Crippen LogP contribution in [0.5, 0.6) is 5.75 Å². The summed E-state index contributed by atoms with van der Waals surface area (Å²) in [6, 6.07) is 12.6. The van der Waals surface area contributed by atoms with Crippen molar-refractivity contribution >= 4 is 5.91 Å². The maximum atomic E-state index is 11.3. The normalized spacial score (nSPS) is 10.4. The van der Waals surface area contributed by atoms with Gasteiger partial charge in [0.05, 0.1) is 18.5 Å². The standard InChI is InChI=1S/C16H14N4O2/c1-22-11-6-7-12(15(10-11)20-9-3-8-18-20)13-4-2-5-14(19-13)16(17)21/h2-10H,1H3,(H2,17,21). The number of benzene rings is 1. The third-order valence-electron chi connectivity index (χ3n) is 3.23. The molecule has 0 aliphatic rings. The molecule has 0 spiro atoms. The van der Waals surface area contributed by atoms with Gasteiger partial charge in [0.1, 0.15) is 11.4 Å². The largest absolute Gasteiger partial charge is 0.497 e. The molecule has 2 N–H and O–H groups in total. The van der Waals surface area contributed by atoms with Gasteiger partial charge in [-0.1, -0.05) is 6.07 Å². The molecule has 0 fully saturated rings. The highest BCUT2D eigenvalue weighted by Gasteiger charge is 2.12. The van der Waals surface area contributed by atoms with Gasteiger partial charge in [0, 0.05) is 24.0 Å². The number of primary amides is 1. The highest BCUT2D eigenvalue weighted by atomic mass is 16.5. The van der Waals surface area contributed by atoms with E-state index in [9.17, 15) is 4.79 Å². The molecule has 0 aliphatic carbocycles. The molecule has 2 heterocycles. The number of carbonyl (C=O) groups excluding carboxylic acids is 1. The van der Waals surface area contributed by atoms with Gasteiger partial charge in [0.2, 0.25) is 0 Å². The maximum Gasteiger partial charge on any atom is 0.267 e. The molecule has 6 nitrogen and oxygen atoms in total. The lowest BCUT2D eigenvalue weighted by molar-refractivity contribution is 0.0995. The SMILES string of the molecule is COc1ccc(-c2cccc(C(N)=O)n2)c(-n2cccn2)c1. The third-order valence-corrected chi connectivity index (χ3v) is 3.23. The Labute approximate surface area is 127 Å². The first-order valence-corrected chi connectivity index (χ1v) is 6.64. The third kappa shape index (κ3) is 2.54. The molecule has 0 bridgehead atoms. The number of aromatic nitrogens is 3. The highest BCUT2D eigenvalue weighted by Crippen LogP contribution is 2.28. The lowest BCUT2D eigenvalue weighted by Crippen LogP contribution is -2.13. The molecule has 0 unspecified atom stereocenters. The summed E-state index contributed by atoms with van der Waals surface area (Å²) in [5.41, 5.74) is 7.80. The van der Waals surface area contributed by atoms with Gasteiger partial charge >= 0.3 is 0 Å². The van der Waals surface area contributed by atoms with E-state index in [1.54, 1.807) is 30.1 Å². The number of pyridine rings is 1. The van der Waals surface area contributed by atoms with Crippen molar-refractivity contribution in [2.45, 2.75) is 0 Å². The number of nitrogens with zero attached hydrogens (tertiary/aromatic N) is 3. The Balaban J connectivity index is 2.18. The number of carbonyl (C=O) groups is 1. The first kappa shape index (κ1) is 13.8. The molecule has 0 saturated carbocycles. The zero-order valence-electron chi connectivity index (χ0n) is 11.9. The molecule has 3 aromatic rings. The van der Waals surface area contributed by atoms with Gasteiger partial charge in [-0.05, 0) is 30.3 Å². The van der Waals surface area contributed by atoms with Crippen LogP contribution in [0.4, 0.5) is 0 Å². The summed E-state index contributed by atoms with van der Waals surface area (Å²) in [5.74, 6) is 0.149. The predicted octanol–water partition coefficient (Wildman–Crippen LogP) is 2.04. The van der Waals surface area contributed by atoms with Crippen molar-refractivity contribution in [3.05, 3.63) is 60.6 Å². The quantitative estimate of drug-likeness (QED) is 0.798. The maximum absolute atomic E-state index is 11.3. The Morgan fingerprint density at radius 2 is 2.09 bits per heavy atom. The van der Waals surface area contributed by atoms with E-state index in [2.05, 4.69) is 10.1 Å². The van der Waals surface area contributed by atoms with Crippen LogP contribution in [0.1, 0.15) is 10.5 Å². The first-order valence-electron chi connectivity index (χ1n) is 6.64. The second-order valence-electron chi connectivity index (χ2n) is 4.61. The Bertz CT molecular complexity index is 813. The summed E-state index contributed by atoms with van der Waals surface area (Å²) >= 11 is 0. The molecule has 110 valence electrons. The lowest BCUT2D eigenvalue weighted by Gasteiger charge is -2.11. The molecule has 22 heavy (non-hydrogen) atoms. The molecule has 1 aromatic carbocycles. The fourth-order valence-electron chi connectivity index (χ4n) is 2.18. The minimum Gasteiger partial charge on any atom is -0.497 e. The summed E-state index contributed by atoms with van der Waals surface area (Å²) in [4.78, 5) is 15.6. The van der Waals surface area contributed by atoms with Crippen LogP contribution in [0.25, 0.3) is 16.9 Å². The average Bonchev–Trinajstić information content (AvgIpc) is 3.08. The van der Waals surface area contributed by atoms with Crippen molar-refractivity contribution in [3.8, 4) is 22.7 Å². The zero-order chi connectivity index (χ0) is 15.5. The molecule has 6 heteroatoms. The van der Waals surface area contributed by atoms with Crippen LogP contribution in [0.2, 0.25) is 0 Å². The fraction of sp³-hybridized carbons (Fsp3) is 0.0625. The monoisotopic (exact) mass is 294 g/mol. The van der Waals surface area contributed by atoms with Crippen LogP contribution in [0.3, 0.4) is 0 Å². The molecule has 0 radical (unpaired) electrons. The number of rotatable bonds is 4. The highest BCUT2D eigenvalue weighted by molar-refractivity contribution is 5.91. The summed E-state index contributed by atoms with van der Waals surface area (Å²) in [5, 5.41) is 4.25. The average molecular weight is 294 g/mol. The van der Waals surface area contributed by atoms with E-state index < -0.39 is 5.91 Å². The Hall–Kier alpha value is -3.15. The van der Waals surface area contributed by atoms with E-state index in [1.165, 1.54) is 0 Å². The van der Waals surface area contributed by atoms with Gasteiger partial charge in [0.15, 0.2) is 0 Å². The van der Waals surface area contributed by atoms with Crippen molar-refractivity contribution in [1.29, 1.82) is 0 Å². The van der Waals surface area contributed by atoms with E-state index in [4.69, 9.17) is 10.5 Å². The lowest BCUT2D eigenvalue weighted by atomic mass is 10.1. The fourth-order valence-corrected chi connectivity index (χ4v) is 2.18. The topological polar surface area (TPSA) is 83.0 Å². The predicted molar refractivity (Wildman–Crippen MR) is 81.9 cm³/mol. The number of hydrogen-bond acceptors (Lipinski definition) is 4. The van der Waals surface area contributed by atoms with Crippen molar-refractivity contribution in [2.75, 3.05) is 7.11 Å². The van der Waals surface area contributed by atoms with Crippen molar-refractivity contribution in [2.24, 2.45) is 5.73 Å². The van der Waals surface area contributed by atoms with Crippen LogP contribution in [-0.4, -0.2) is 27.8 Å². The van der Waals surface area contributed by atoms with Crippen LogP contribution in [-0.2, 0) is 0 Å². The molecule has 0 saturated heterocycles. The van der Waals surface area contributed by atoms with Gasteiger partial charge in [-0.15, -0.1) is 0 Å². The number of methoxy groups -OCH3 is 1. The summed E-state index contributed by atoms with van der Waals surface area (Å²) < 4.78 is 6.99. The van der Waals surface area contributed by atoms with Gasteiger partial charge < -0.3 is 10.5 Å². The molecule has 0 atom stereocenters. The molecule has 0 aliphatic heterocycles. The van der Waals surface area contributed by atoms with E-state index in [-0.39, 0.29) is 5.69 Å². The molecule has 2 aromatic heterocycles. The smallest absolute Gasteiger partial charge is 0.267 e. The van der Waals surface area contributed by atoms with Crippen molar-refractivity contribution in [1.82, 2.24) is 14.8 Å². The minimum absolute atomic E-state index is 0.222. The van der Waals surface area contributed by atoms with Crippen molar-refractivity contribution in [3.63, 3.8) is 0 Å². The Morgan fingerprint density at radius 3 is 2.77 bits per heavy atom. The van der Waals surface area contributed by atoms with Gasteiger partial charge in [0.25, 0.3) is 5.91 Å². The number of hydrogen-bond donors (Lipinski definition) is 1. The van der Waals surface area contributed by atoms with E-state index in [0.29, 0.717) is 11.4 Å². The van der Waals surface area contributed by atoms with Crippen LogP contribution < -0.4 is 10.5 Å². The van der Waals surface area contributed by atoms with Gasteiger partial charge in [-0.3, -0.25) is 4.79 Å². The van der Waals surface area contributed by atoms with E-state index in [0.717, 1.165) is 11.3 Å². The van der Waals surface area contributed by atoms with Crippen LogP contribution >= 0.6 is 0 Å². The molecule has 3 rings (SSSR count). The van der Waals surface area contributed by atoms with Crippen LogP contribution in [0.15, 0.2) is 54.9 Å².